The standard InChI is InChI=1S/C12H16Cl2N2O4S/c1-12(2,20-3)6-16-11(17)7-4-10(21(15,18)19)9(14)5-8(7)13/h4-5H,6H2,1-3H3,(H,16,17)(H2,15,18,19). The molecule has 0 aromatic heterocycles. The summed E-state index contributed by atoms with van der Waals surface area (Å²) in [6, 6.07) is 2.22. The van der Waals surface area contributed by atoms with Gasteiger partial charge in [-0.15, -0.1) is 0 Å². The number of benzene rings is 1. The Morgan fingerprint density at radius 3 is 2.38 bits per heavy atom. The third-order valence-electron chi connectivity index (χ3n) is 2.80. The summed E-state index contributed by atoms with van der Waals surface area (Å²) in [4.78, 5) is 11.7. The molecule has 1 amide bonds. The number of amides is 1. The highest BCUT2D eigenvalue weighted by molar-refractivity contribution is 7.89. The molecule has 0 aliphatic heterocycles. The van der Waals surface area contributed by atoms with Crippen molar-refractivity contribution in [1.29, 1.82) is 0 Å². The van der Waals surface area contributed by atoms with Gasteiger partial charge in [0, 0.05) is 13.7 Å². The summed E-state index contributed by atoms with van der Waals surface area (Å²) in [5, 5.41) is 7.52. The van der Waals surface area contributed by atoms with Gasteiger partial charge in [-0.05, 0) is 26.0 Å². The Balaban J connectivity index is 3.11. The molecule has 0 saturated heterocycles. The number of methoxy groups -OCH3 is 1. The summed E-state index contributed by atoms with van der Waals surface area (Å²) in [5.74, 6) is -0.549. The van der Waals surface area contributed by atoms with Crippen LogP contribution in [0.1, 0.15) is 24.2 Å². The molecule has 6 nitrogen and oxygen atoms in total. The minimum atomic E-state index is -4.05. The number of halogens is 2. The molecule has 0 saturated carbocycles. The van der Waals surface area contributed by atoms with Gasteiger partial charge in [-0.2, -0.15) is 0 Å². The van der Waals surface area contributed by atoms with Crippen molar-refractivity contribution in [2.75, 3.05) is 13.7 Å². The van der Waals surface area contributed by atoms with E-state index in [9.17, 15) is 13.2 Å². The zero-order valence-corrected chi connectivity index (χ0v) is 14.1. The van der Waals surface area contributed by atoms with E-state index in [1.165, 1.54) is 13.2 Å². The van der Waals surface area contributed by atoms with E-state index >= 15 is 0 Å². The lowest BCUT2D eigenvalue weighted by Crippen LogP contribution is -2.39. The number of hydrogen-bond acceptors (Lipinski definition) is 4. The largest absolute Gasteiger partial charge is 0.377 e. The van der Waals surface area contributed by atoms with Gasteiger partial charge in [0.2, 0.25) is 10.0 Å². The van der Waals surface area contributed by atoms with Gasteiger partial charge in [-0.1, -0.05) is 23.2 Å². The van der Waals surface area contributed by atoms with Crippen LogP contribution in [0.3, 0.4) is 0 Å². The van der Waals surface area contributed by atoms with E-state index in [4.69, 9.17) is 33.1 Å². The first-order valence-corrected chi connectivity index (χ1v) is 8.13. The van der Waals surface area contributed by atoms with E-state index in [-0.39, 0.29) is 27.0 Å². The van der Waals surface area contributed by atoms with Gasteiger partial charge in [0.25, 0.3) is 5.91 Å². The van der Waals surface area contributed by atoms with Crippen molar-refractivity contribution in [3.63, 3.8) is 0 Å². The van der Waals surface area contributed by atoms with Crippen LogP contribution in [0, 0.1) is 0 Å². The van der Waals surface area contributed by atoms with Gasteiger partial charge in [0.15, 0.2) is 0 Å². The van der Waals surface area contributed by atoms with Crippen LogP contribution in [-0.4, -0.2) is 33.6 Å². The highest BCUT2D eigenvalue weighted by Gasteiger charge is 2.22. The van der Waals surface area contributed by atoms with Crippen molar-refractivity contribution < 1.29 is 17.9 Å². The number of nitrogens with one attached hydrogen (secondary N) is 1. The molecule has 9 heteroatoms. The number of carbonyl (C=O) groups excluding carboxylic acids is 1. The summed E-state index contributed by atoms with van der Waals surface area (Å²) >= 11 is 11.7. The number of nitrogens with two attached hydrogens (primary N) is 1. The van der Waals surface area contributed by atoms with Crippen LogP contribution in [0.5, 0.6) is 0 Å². The van der Waals surface area contributed by atoms with Crippen molar-refractivity contribution in [3.05, 3.63) is 27.7 Å². The minimum absolute atomic E-state index is 0.0279. The molecule has 0 atom stereocenters. The van der Waals surface area contributed by atoms with Gasteiger partial charge in [0.05, 0.1) is 21.2 Å². The summed E-state index contributed by atoms with van der Waals surface area (Å²) < 4.78 is 28.0. The fourth-order valence-corrected chi connectivity index (χ4v) is 2.79. The Labute approximate surface area is 133 Å². The summed E-state index contributed by atoms with van der Waals surface area (Å²) in [5.41, 5.74) is -0.603. The van der Waals surface area contributed by atoms with Gasteiger partial charge in [-0.3, -0.25) is 4.79 Å². The smallest absolute Gasteiger partial charge is 0.252 e. The highest BCUT2D eigenvalue weighted by Crippen LogP contribution is 2.28. The van der Waals surface area contributed by atoms with Crippen LogP contribution in [0.15, 0.2) is 17.0 Å². The Morgan fingerprint density at radius 2 is 1.90 bits per heavy atom. The second-order valence-corrected chi connectivity index (χ2v) is 7.30. The average Bonchev–Trinajstić information content (AvgIpc) is 2.34. The fourth-order valence-electron chi connectivity index (χ4n) is 1.38. The zero-order valence-electron chi connectivity index (χ0n) is 11.7. The Bertz CT molecular complexity index is 659. The molecule has 0 unspecified atom stereocenters. The molecule has 0 aliphatic carbocycles. The molecule has 1 rings (SSSR count). The lowest BCUT2D eigenvalue weighted by atomic mass is 10.1. The van der Waals surface area contributed by atoms with Crippen molar-refractivity contribution in [1.82, 2.24) is 5.32 Å². The third kappa shape index (κ3) is 4.82. The first-order chi connectivity index (χ1) is 9.48. The highest BCUT2D eigenvalue weighted by atomic mass is 35.5. The number of ether oxygens (including phenoxy) is 1. The van der Waals surface area contributed by atoms with Crippen molar-refractivity contribution >= 4 is 39.1 Å². The predicted molar refractivity (Wildman–Crippen MR) is 81.3 cm³/mol. The fraction of sp³-hybridized carbons (Fsp3) is 0.417. The number of carbonyl (C=O) groups is 1. The van der Waals surface area contributed by atoms with Crippen LogP contribution in [0.25, 0.3) is 0 Å². The van der Waals surface area contributed by atoms with Crippen LogP contribution in [0.4, 0.5) is 0 Å². The molecule has 0 spiro atoms. The Kier molecular flexibility index (Phi) is 5.63. The lowest BCUT2D eigenvalue weighted by Gasteiger charge is -2.23. The van der Waals surface area contributed by atoms with E-state index in [1.54, 1.807) is 13.8 Å². The molecule has 0 heterocycles. The van der Waals surface area contributed by atoms with E-state index in [2.05, 4.69) is 5.32 Å². The normalized spacial score (nSPS) is 12.3. The summed E-state index contributed by atoms with van der Waals surface area (Å²) in [6.45, 7) is 3.78. The Hall–Kier alpha value is -0.860. The summed E-state index contributed by atoms with van der Waals surface area (Å²) in [6.07, 6.45) is 0. The van der Waals surface area contributed by atoms with Crippen LogP contribution in [0.2, 0.25) is 10.0 Å². The van der Waals surface area contributed by atoms with Crippen LogP contribution >= 0.6 is 23.2 Å². The molecule has 1 aromatic rings. The molecular weight excluding hydrogens is 339 g/mol. The maximum atomic E-state index is 12.1. The second-order valence-electron chi connectivity index (χ2n) is 4.95. The molecular formula is C12H16Cl2N2O4S. The van der Waals surface area contributed by atoms with Crippen molar-refractivity contribution in [2.45, 2.75) is 24.3 Å². The monoisotopic (exact) mass is 354 g/mol. The van der Waals surface area contributed by atoms with E-state index in [0.717, 1.165) is 6.07 Å². The molecule has 3 N–H and O–H groups in total. The molecule has 0 aliphatic rings. The maximum absolute atomic E-state index is 12.1. The Morgan fingerprint density at radius 1 is 1.33 bits per heavy atom. The topological polar surface area (TPSA) is 98.5 Å². The quantitative estimate of drug-likeness (QED) is 0.841. The second kappa shape index (κ2) is 6.50. The molecule has 1 aromatic carbocycles. The van der Waals surface area contributed by atoms with E-state index in [0.29, 0.717) is 0 Å². The maximum Gasteiger partial charge on any atom is 0.252 e. The first kappa shape index (κ1) is 18.2. The molecule has 118 valence electrons. The predicted octanol–water partition coefficient (Wildman–Crippen LogP) is 1.80. The molecule has 0 bridgehead atoms. The van der Waals surface area contributed by atoms with E-state index in [1.807, 2.05) is 0 Å². The number of hydrogen-bond donors (Lipinski definition) is 2. The van der Waals surface area contributed by atoms with Gasteiger partial charge >= 0.3 is 0 Å². The molecule has 0 radical (unpaired) electrons. The average molecular weight is 355 g/mol. The van der Waals surface area contributed by atoms with Crippen LogP contribution in [-0.2, 0) is 14.8 Å². The molecule has 0 fully saturated rings. The number of primary sulfonamides is 1. The number of rotatable bonds is 5. The van der Waals surface area contributed by atoms with Gasteiger partial charge in [0.1, 0.15) is 4.90 Å². The van der Waals surface area contributed by atoms with Crippen molar-refractivity contribution in [3.8, 4) is 0 Å². The molecule has 21 heavy (non-hydrogen) atoms. The first-order valence-electron chi connectivity index (χ1n) is 5.83. The SMILES string of the molecule is COC(C)(C)CNC(=O)c1cc(S(N)(=O)=O)c(Cl)cc1Cl. The van der Waals surface area contributed by atoms with Gasteiger partial charge < -0.3 is 10.1 Å². The van der Waals surface area contributed by atoms with Crippen molar-refractivity contribution in [2.24, 2.45) is 5.14 Å². The number of sulfonamides is 1. The van der Waals surface area contributed by atoms with Gasteiger partial charge in [-0.25, -0.2) is 13.6 Å². The lowest BCUT2D eigenvalue weighted by molar-refractivity contribution is 0.0229. The third-order valence-corrected chi connectivity index (χ3v) is 4.49. The summed E-state index contributed by atoms with van der Waals surface area (Å²) in [7, 11) is -2.54. The van der Waals surface area contributed by atoms with Crippen LogP contribution < -0.4 is 10.5 Å². The minimum Gasteiger partial charge on any atom is -0.377 e. The zero-order chi connectivity index (χ0) is 16.4. The van der Waals surface area contributed by atoms with E-state index < -0.39 is 21.5 Å².